The normalized spacial score (nSPS) is 11.2. The summed E-state index contributed by atoms with van der Waals surface area (Å²) in [7, 11) is 3.28. The fourth-order valence-electron chi connectivity index (χ4n) is 4.27. The number of benzene rings is 3. The van der Waals surface area contributed by atoms with E-state index >= 15 is 0 Å². The Labute approximate surface area is 231 Å². The first-order valence-corrected chi connectivity index (χ1v) is 12.6. The van der Waals surface area contributed by atoms with Crippen LogP contribution in [0.25, 0.3) is 28.2 Å². The topological polar surface area (TPSA) is 77.3 Å². The van der Waals surface area contributed by atoms with E-state index in [2.05, 4.69) is 14.7 Å². The molecular formula is C31H25ClN4O3. The van der Waals surface area contributed by atoms with Crippen LogP contribution >= 0.6 is 11.6 Å². The van der Waals surface area contributed by atoms with Crippen molar-refractivity contribution >= 4 is 46.3 Å². The quantitative estimate of drug-likeness (QED) is 0.180. The number of hydrogen-bond acceptors (Lipinski definition) is 5. The van der Waals surface area contributed by atoms with Crippen LogP contribution in [-0.4, -0.2) is 33.5 Å². The number of nitrogens with zero attached hydrogens (tertiary/aromatic N) is 4. The van der Waals surface area contributed by atoms with Gasteiger partial charge < -0.3 is 14.2 Å². The molecule has 2 aromatic heterocycles. The van der Waals surface area contributed by atoms with E-state index in [1.807, 2.05) is 66.2 Å². The van der Waals surface area contributed by atoms with E-state index in [9.17, 15) is 9.59 Å². The van der Waals surface area contributed by atoms with Crippen LogP contribution in [0, 0.1) is 0 Å². The van der Waals surface area contributed by atoms with Gasteiger partial charge in [-0.2, -0.15) is 0 Å². The summed E-state index contributed by atoms with van der Waals surface area (Å²) in [4.78, 5) is 35.6. The Kier molecular flexibility index (Phi) is 7.52. The Bertz CT molecular complexity index is 1700. The molecule has 0 bridgehead atoms. The van der Waals surface area contributed by atoms with Gasteiger partial charge in [0.1, 0.15) is 0 Å². The fraction of sp³-hybridized carbons (Fsp3) is 0.0968. The smallest absolute Gasteiger partial charge is 0.330 e. The third kappa shape index (κ3) is 5.73. The van der Waals surface area contributed by atoms with Crippen molar-refractivity contribution in [2.75, 3.05) is 12.0 Å². The average Bonchev–Trinajstić information content (AvgIpc) is 3.35. The molecule has 0 atom stereocenters. The molecule has 1 amide bonds. The van der Waals surface area contributed by atoms with E-state index in [0.29, 0.717) is 21.8 Å². The van der Waals surface area contributed by atoms with Crippen LogP contribution in [0.1, 0.15) is 21.5 Å². The van der Waals surface area contributed by atoms with Crippen LogP contribution in [0.2, 0.25) is 5.02 Å². The molecule has 0 saturated heterocycles. The molecule has 0 fully saturated rings. The first-order valence-electron chi connectivity index (χ1n) is 12.2. The second kappa shape index (κ2) is 11.3. The molecule has 194 valence electrons. The number of carbonyl (C=O) groups excluding carboxylic acids is 2. The average molecular weight is 537 g/mol. The Morgan fingerprint density at radius 3 is 2.54 bits per heavy atom. The molecule has 39 heavy (non-hydrogen) atoms. The second-order valence-corrected chi connectivity index (χ2v) is 9.36. The van der Waals surface area contributed by atoms with Gasteiger partial charge in [0.25, 0.3) is 5.91 Å². The zero-order chi connectivity index (χ0) is 27.4. The van der Waals surface area contributed by atoms with E-state index in [4.69, 9.17) is 11.6 Å². The number of rotatable bonds is 7. The summed E-state index contributed by atoms with van der Waals surface area (Å²) in [5.74, 6) is -0.682. The van der Waals surface area contributed by atoms with Gasteiger partial charge in [-0.05, 0) is 64.7 Å². The highest BCUT2D eigenvalue weighted by Crippen LogP contribution is 2.30. The maximum absolute atomic E-state index is 13.7. The van der Waals surface area contributed by atoms with Crippen molar-refractivity contribution in [1.82, 2.24) is 14.5 Å². The van der Waals surface area contributed by atoms with Gasteiger partial charge in [0.05, 0.1) is 42.9 Å². The molecule has 5 aromatic rings. The van der Waals surface area contributed by atoms with Crippen LogP contribution < -0.4 is 4.90 Å². The van der Waals surface area contributed by atoms with Gasteiger partial charge in [0.15, 0.2) is 0 Å². The number of amides is 1. The highest BCUT2D eigenvalue weighted by atomic mass is 35.5. The predicted molar refractivity (Wildman–Crippen MR) is 153 cm³/mol. The number of anilines is 1. The Hall–Kier alpha value is -4.75. The predicted octanol–water partition coefficient (Wildman–Crippen LogP) is 6.32. The largest absolute Gasteiger partial charge is 0.466 e. The fourth-order valence-corrected chi connectivity index (χ4v) is 4.51. The van der Waals surface area contributed by atoms with E-state index in [1.54, 1.807) is 47.9 Å². The molecule has 8 heteroatoms. The van der Waals surface area contributed by atoms with Gasteiger partial charge in [-0.25, -0.2) is 9.78 Å². The molecule has 3 aromatic carbocycles. The number of carbonyl (C=O) groups is 2. The van der Waals surface area contributed by atoms with E-state index < -0.39 is 5.97 Å². The lowest BCUT2D eigenvalue weighted by molar-refractivity contribution is -0.134. The number of methoxy groups -OCH3 is 1. The summed E-state index contributed by atoms with van der Waals surface area (Å²) in [5.41, 5.74) is 6.43. The number of aryl methyl sites for hydroxylation is 1. The van der Waals surface area contributed by atoms with Crippen molar-refractivity contribution in [1.29, 1.82) is 0 Å². The lowest BCUT2D eigenvalue weighted by Crippen LogP contribution is -2.30. The van der Waals surface area contributed by atoms with Crippen molar-refractivity contribution in [3.05, 3.63) is 119 Å². The number of fused-ring (bicyclic) bond motifs is 1. The Morgan fingerprint density at radius 1 is 1.00 bits per heavy atom. The zero-order valence-corrected chi connectivity index (χ0v) is 22.2. The van der Waals surface area contributed by atoms with Gasteiger partial charge in [-0.1, -0.05) is 48.0 Å². The first kappa shape index (κ1) is 25.9. The molecule has 0 radical (unpaired) electrons. The van der Waals surface area contributed by atoms with Crippen molar-refractivity contribution in [2.45, 2.75) is 6.54 Å². The number of esters is 1. The van der Waals surface area contributed by atoms with Crippen LogP contribution in [0.15, 0.2) is 97.6 Å². The summed E-state index contributed by atoms with van der Waals surface area (Å²) in [6.07, 6.45) is 7.91. The van der Waals surface area contributed by atoms with Crippen LogP contribution in [0.3, 0.4) is 0 Å². The maximum atomic E-state index is 13.7. The van der Waals surface area contributed by atoms with Gasteiger partial charge in [-0.15, -0.1) is 0 Å². The zero-order valence-electron chi connectivity index (χ0n) is 21.4. The summed E-state index contributed by atoms with van der Waals surface area (Å²) < 4.78 is 6.65. The molecule has 0 unspecified atom stereocenters. The molecular weight excluding hydrogens is 512 g/mol. The van der Waals surface area contributed by atoms with Gasteiger partial charge in [0, 0.05) is 29.9 Å². The van der Waals surface area contributed by atoms with Crippen molar-refractivity contribution in [2.24, 2.45) is 7.05 Å². The van der Waals surface area contributed by atoms with Crippen molar-refractivity contribution in [3.63, 3.8) is 0 Å². The second-order valence-electron chi connectivity index (χ2n) is 8.96. The maximum Gasteiger partial charge on any atom is 0.330 e. The van der Waals surface area contributed by atoms with E-state index in [0.717, 1.165) is 27.7 Å². The van der Waals surface area contributed by atoms with E-state index in [1.165, 1.54) is 13.2 Å². The number of imidazole rings is 1. The lowest BCUT2D eigenvalue weighted by atomic mass is 10.0. The van der Waals surface area contributed by atoms with E-state index in [-0.39, 0.29) is 12.5 Å². The summed E-state index contributed by atoms with van der Waals surface area (Å²) in [6.45, 7) is 0.220. The molecule has 0 aliphatic carbocycles. The van der Waals surface area contributed by atoms with Crippen molar-refractivity contribution in [3.8, 4) is 11.1 Å². The monoisotopic (exact) mass is 536 g/mol. The number of halogens is 1. The Morgan fingerprint density at radius 2 is 1.77 bits per heavy atom. The Balaban J connectivity index is 1.48. The summed E-state index contributed by atoms with van der Waals surface area (Å²) in [5, 5.41) is 0.536. The number of aromatic nitrogens is 3. The molecule has 0 aliphatic rings. The van der Waals surface area contributed by atoms with Crippen LogP contribution in [-0.2, 0) is 23.1 Å². The third-order valence-electron chi connectivity index (χ3n) is 6.38. The summed E-state index contributed by atoms with van der Waals surface area (Å²) >= 11 is 6.78. The van der Waals surface area contributed by atoms with Crippen LogP contribution in [0.4, 0.5) is 5.69 Å². The number of hydrogen-bond donors (Lipinski definition) is 0. The summed E-state index contributed by atoms with van der Waals surface area (Å²) in [6, 6.07) is 22.8. The highest BCUT2D eigenvalue weighted by molar-refractivity contribution is 6.31. The number of pyridine rings is 1. The SMILES string of the molecule is COC(=O)/C=C/c1cncc(N(Cc2ccc(-c3ccc4c(c3)ncn4C)cc2Cl)C(=O)c2ccccc2)c1. The molecule has 0 spiro atoms. The third-order valence-corrected chi connectivity index (χ3v) is 6.73. The minimum absolute atomic E-state index is 0.202. The molecule has 0 aliphatic heterocycles. The molecule has 2 heterocycles. The van der Waals surface area contributed by atoms with Gasteiger partial charge in [0.2, 0.25) is 0 Å². The van der Waals surface area contributed by atoms with Crippen molar-refractivity contribution < 1.29 is 14.3 Å². The number of ether oxygens (including phenoxy) is 1. The van der Waals surface area contributed by atoms with Gasteiger partial charge in [-0.3, -0.25) is 9.78 Å². The minimum Gasteiger partial charge on any atom is -0.466 e. The van der Waals surface area contributed by atoms with Crippen LogP contribution in [0.5, 0.6) is 0 Å². The minimum atomic E-state index is -0.480. The highest BCUT2D eigenvalue weighted by Gasteiger charge is 2.20. The van der Waals surface area contributed by atoms with Gasteiger partial charge >= 0.3 is 5.97 Å². The molecule has 0 N–H and O–H groups in total. The first-order chi connectivity index (χ1) is 18.9. The molecule has 7 nitrogen and oxygen atoms in total. The lowest BCUT2D eigenvalue weighted by Gasteiger charge is -2.24. The molecule has 5 rings (SSSR count). The molecule has 0 saturated carbocycles. The standard InChI is InChI=1S/C31H25ClN4O3/c1-35-20-34-28-16-24(11-12-29(28)35)23-9-10-25(27(32)15-23)19-36(31(38)22-6-4-3-5-7-22)26-14-21(17-33-18-26)8-13-30(37)39-2/h3-18,20H,19H2,1-2H3/b13-8+.